The summed E-state index contributed by atoms with van der Waals surface area (Å²) in [7, 11) is 0. The molecule has 0 saturated heterocycles. The van der Waals surface area contributed by atoms with E-state index >= 15 is 0 Å². The Balaban J connectivity index is 0.00000261. The third-order valence-corrected chi connectivity index (χ3v) is 3.83. The first-order valence-corrected chi connectivity index (χ1v) is 8.44. The van der Waals surface area contributed by atoms with Gasteiger partial charge in [0, 0.05) is 18.9 Å². The number of benzene rings is 2. The molecule has 0 fully saturated rings. The Bertz CT molecular complexity index is 962. The minimum absolute atomic E-state index is 0. The van der Waals surface area contributed by atoms with Crippen LogP contribution in [0, 0.1) is 25.2 Å². The van der Waals surface area contributed by atoms with Gasteiger partial charge in [0.15, 0.2) is 0 Å². The van der Waals surface area contributed by atoms with Gasteiger partial charge >= 0.3 is 0 Å². The minimum Gasteiger partial charge on any atom is -0.492 e. The number of hydrogen-bond donors (Lipinski definition) is 1. The zero-order chi connectivity index (χ0) is 18.5. The summed E-state index contributed by atoms with van der Waals surface area (Å²) in [5.41, 5.74) is 5.38. The zero-order valence-electron chi connectivity index (χ0n) is 15.1. The van der Waals surface area contributed by atoms with Crippen LogP contribution in [-0.2, 0) is 0 Å². The highest BCUT2D eigenvalue weighted by Gasteiger charge is 2.08. The lowest BCUT2D eigenvalue weighted by molar-refractivity contribution is 0.339. The van der Waals surface area contributed by atoms with Crippen molar-refractivity contribution in [2.75, 3.05) is 11.9 Å². The van der Waals surface area contributed by atoms with E-state index < -0.39 is 0 Å². The van der Waals surface area contributed by atoms with Crippen molar-refractivity contribution in [2.24, 2.45) is 0 Å². The molecule has 5 heteroatoms. The highest BCUT2D eigenvalue weighted by molar-refractivity contribution is 5.66. The quantitative estimate of drug-likeness (QED) is 0.702. The number of nitriles is 1. The predicted molar refractivity (Wildman–Crippen MR) is 105 cm³/mol. The lowest BCUT2D eigenvalue weighted by atomic mass is 10.1. The van der Waals surface area contributed by atoms with E-state index in [1.165, 1.54) is 11.1 Å². The average molecular weight is 346 g/mol. The number of rotatable bonds is 5. The molecule has 5 nitrogen and oxygen atoms in total. The van der Waals surface area contributed by atoms with Gasteiger partial charge in [-0.2, -0.15) is 5.26 Å². The first-order chi connectivity index (χ1) is 12.6. The molecular formula is C21H22N4O. The maximum absolute atomic E-state index is 9.34. The van der Waals surface area contributed by atoms with Crippen molar-refractivity contribution in [3.05, 3.63) is 65.4 Å². The molecular weight excluding hydrogens is 324 g/mol. The van der Waals surface area contributed by atoms with Gasteiger partial charge in [-0.3, -0.25) is 0 Å². The molecule has 26 heavy (non-hydrogen) atoms. The van der Waals surface area contributed by atoms with Gasteiger partial charge in [0.1, 0.15) is 11.8 Å². The van der Waals surface area contributed by atoms with Gasteiger partial charge in [-0.25, -0.2) is 9.97 Å². The van der Waals surface area contributed by atoms with E-state index in [2.05, 4.69) is 41.3 Å². The summed E-state index contributed by atoms with van der Waals surface area (Å²) >= 11 is 0. The van der Waals surface area contributed by atoms with Gasteiger partial charge in [-0.1, -0.05) is 6.07 Å². The van der Waals surface area contributed by atoms with Gasteiger partial charge in [-0.05, 0) is 68.3 Å². The maximum atomic E-state index is 9.34. The van der Waals surface area contributed by atoms with Crippen molar-refractivity contribution in [1.82, 2.24) is 9.97 Å². The van der Waals surface area contributed by atoms with Crippen molar-refractivity contribution >= 4 is 11.6 Å². The number of nitrogens with zero attached hydrogens (tertiary/aromatic N) is 3. The predicted octanol–water partition coefficient (Wildman–Crippen LogP) is 5.02. The number of anilines is 2. The van der Waals surface area contributed by atoms with Crippen LogP contribution in [0.3, 0.4) is 0 Å². The number of nitrogens with one attached hydrogen (secondary N) is 1. The van der Waals surface area contributed by atoms with E-state index in [0.717, 1.165) is 16.9 Å². The minimum atomic E-state index is 0. The van der Waals surface area contributed by atoms with Crippen molar-refractivity contribution < 1.29 is 6.16 Å². The van der Waals surface area contributed by atoms with Gasteiger partial charge in [0.25, 0.3) is 0 Å². The number of hydrogen-bond acceptors (Lipinski definition) is 5. The fourth-order valence-corrected chi connectivity index (χ4v) is 2.81. The van der Waals surface area contributed by atoms with Crippen LogP contribution >= 0.6 is 0 Å². The van der Waals surface area contributed by atoms with Crippen LogP contribution < -0.4 is 10.1 Å². The molecule has 132 valence electrons. The Labute approximate surface area is 154 Å². The van der Waals surface area contributed by atoms with E-state index in [1.807, 2.05) is 31.2 Å². The summed E-state index contributed by atoms with van der Waals surface area (Å²) in [4.78, 5) is 8.87. The van der Waals surface area contributed by atoms with Crippen LogP contribution in [0.4, 0.5) is 11.6 Å². The molecule has 0 atom stereocenters. The van der Waals surface area contributed by atoms with Crippen LogP contribution in [-0.4, -0.2) is 16.6 Å². The molecule has 0 amide bonds. The molecule has 0 radical (unpaired) electrons. The highest BCUT2D eigenvalue weighted by Crippen LogP contribution is 2.26. The molecule has 1 N–H and O–H groups in total. The second kappa shape index (κ2) is 7.66. The number of aromatic nitrogens is 2. The SMILES string of the molecule is CCOc1ccc(-c2ccnc(Nc3cc(C)cc(C)c3)n2)cc1C#N.[HH]. The summed E-state index contributed by atoms with van der Waals surface area (Å²) < 4.78 is 5.48. The normalized spacial score (nSPS) is 10.2. The Hall–Kier alpha value is -3.39. The monoisotopic (exact) mass is 346 g/mol. The van der Waals surface area contributed by atoms with Gasteiger partial charge in [0.05, 0.1) is 17.9 Å². The third kappa shape index (κ3) is 3.98. The van der Waals surface area contributed by atoms with Crippen molar-refractivity contribution in [3.8, 4) is 23.1 Å². The molecule has 0 bridgehead atoms. The molecule has 0 spiro atoms. The van der Waals surface area contributed by atoms with E-state index in [4.69, 9.17) is 4.74 Å². The molecule has 0 aliphatic rings. The Morgan fingerprint density at radius 2 is 1.88 bits per heavy atom. The molecule has 1 heterocycles. The smallest absolute Gasteiger partial charge is 0.227 e. The molecule has 0 aliphatic carbocycles. The average Bonchev–Trinajstić information content (AvgIpc) is 2.61. The lowest BCUT2D eigenvalue weighted by Crippen LogP contribution is -1.99. The van der Waals surface area contributed by atoms with Crippen LogP contribution in [0.5, 0.6) is 5.75 Å². The van der Waals surface area contributed by atoms with Crippen molar-refractivity contribution in [1.29, 1.82) is 5.26 Å². The summed E-state index contributed by atoms with van der Waals surface area (Å²) in [6, 6.07) is 15.7. The standard InChI is InChI=1S/C21H20N4O.H2/c1-4-26-20-6-5-16(12-17(20)13-22)19-7-8-23-21(25-19)24-18-10-14(2)9-15(3)11-18;/h5-12H,4H2,1-3H3,(H,23,24,25);1H. The fourth-order valence-electron chi connectivity index (χ4n) is 2.81. The largest absolute Gasteiger partial charge is 0.492 e. The van der Waals surface area contributed by atoms with E-state index in [0.29, 0.717) is 23.9 Å². The van der Waals surface area contributed by atoms with E-state index in [9.17, 15) is 5.26 Å². The Kier molecular flexibility index (Phi) is 5.14. The maximum Gasteiger partial charge on any atom is 0.227 e. The van der Waals surface area contributed by atoms with Crippen LogP contribution in [0.25, 0.3) is 11.3 Å². The van der Waals surface area contributed by atoms with Gasteiger partial charge in [0.2, 0.25) is 5.95 Å². The highest BCUT2D eigenvalue weighted by atomic mass is 16.5. The van der Waals surface area contributed by atoms with Crippen LogP contribution in [0.15, 0.2) is 48.7 Å². The third-order valence-electron chi connectivity index (χ3n) is 3.83. The summed E-state index contributed by atoms with van der Waals surface area (Å²) in [6.45, 7) is 6.52. The molecule has 0 saturated carbocycles. The fraction of sp³-hybridized carbons (Fsp3) is 0.190. The van der Waals surface area contributed by atoms with Crippen LogP contribution in [0.1, 0.15) is 25.0 Å². The van der Waals surface area contributed by atoms with E-state index in [-0.39, 0.29) is 1.43 Å². The second-order valence-electron chi connectivity index (χ2n) is 6.02. The molecule has 3 rings (SSSR count). The van der Waals surface area contributed by atoms with Crippen molar-refractivity contribution in [3.63, 3.8) is 0 Å². The first kappa shape index (κ1) is 17.4. The molecule has 0 unspecified atom stereocenters. The zero-order valence-corrected chi connectivity index (χ0v) is 15.1. The summed E-state index contributed by atoms with van der Waals surface area (Å²) in [6.07, 6.45) is 1.70. The summed E-state index contributed by atoms with van der Waals surface area (Å²) in [5, 5.41) is 12.6. The molecule has 3 aromatic rings. The second-order valence-corrected chi connectivity index (χ2v) is 6.02. The first-order valence-electron chi connectivity index (χ1n) is 8.44. The number of aryl methyl sites for hydroxylation is 2. The Morgan fingerprint density at radius 3 is 2.58 bits per heavy atom. The molecule has 0 aliphatic heterocycles. The Morgan fingerprint density at radius 1 is 1.12 bits per heavy atom. The number of ether oxygens (including phenoxy) is 1. The van der Waals surface area contributed by atoms with E-state index in [1.54, 1.807) is 18.3 Å². The van der Waals surface area contributed by atoms with Gasteiger partial charge < -0.3 is 10.1 Å². The van der Waals surface area contributed by atoms with Crippen molar-refractivity contribution in [2.45, 2.75) is 20.8 Å². The lowest BCUT2D eigenvalue weighted by Gasteiger charge is -2.10. The summed E-state index contributed by atoms with van der Waals surface area (Å²) in [5.74, 6) is 1.10. The van der Waals surface area contributed by atoms with Crippen LogP contribution in [0.2, 0.25) is 0 Å². The van der Waals surface area contributed by atoms with Gasteiger partial charge in [-0.15, -0.1) is 0 Å². The topological polar surface area (TPSA) is 70.8 Å². The molecule has 2 aromatic carbocycles. The molecule has 1 aromatic heterocycles.